The van der Waals surface area contributed by atoms with Crippen molar-refractivity contribution in [2.45, 2.75) is 6.61 Å². The summed E-state index contributed by atoms with van der Waals surface area (Å²) in [7, 11) is 0. The molecular weight excluding hydrogens is 396 g/mol. The van der Waals surface area contributed by atoms with Gasteiger partial charge >= 0.3 is 0 Å². The molecule has 0 amide bonds. The van der Waals surface area contributed by atoms with Crippen molar-refractivity contribution in [1.82, 2.24) is 9.80 Å². The number of hydrogen-bond acceptors (Lipinski definition) is 4. The molecule has 32 heavy (non-hydrogen) atoms. The van der Waals surface area contributed by atoms with Crippen LogP contribution in [0.15, 0.2) is 91.0 Å². The lowest BCUT2D eigenvalue weighted by atomic mass is 10.2. The molecule has 0 aliphatic carbocycles. The minimum atomic E-state index is 0.607. The predicted molar refractivity (Wildman–Crippen MR) is 131 cm³/mol. The highest BCUT2D eigenvalue weighted by Crippen LogP contribution is 2.22. The zero-order valence-corrected chi connectivity index (χ0v) is 18.6. The highest BCUT2D eigenvalue weighted by Gasteiger charge is 2.15. The van der Waals surface area contributed by atoms with Crippen LogP contribution >= 0.6 is 0 Å². The first-order chi connectivity index (χ1) is 15.8. The van der Waals surface area contributed by atoms with E-state index in [0.29, 0.717) is 6.61 Å². The van der Waals surface area contributed by atoms with Crippen LogP contribution in [0.3, 0.4) is 0 Å². The maximum atomic E-state index is 5.95. The van der Waals surface area contributed by atoms with E-state index in [1.54, 1.807) is 0 Å². The molecule has 0 spiro atoms. The van der Waals surface area contributed by atoms with Gasteiger partial charge in [0.1, 0.15) is 11.5 Å². The van der Waals surface area contributed by atoms with Crippen LogP contribution in [0.1, 0.15) is 11.1 Å². The van der Waals surface area contributed by atoms with Gasteiger partial charge in [-0.2, -0.15) is 0 Å². The van der Waals surface area contributed by atoms with Gasteiger partial charge in [-0.15, -0.1) is 0 Å². The molecule has 0 atom stereocenters. The summed E-state index contributed by atoms with van der Waals surface area (Å²) in [5, 5.41) is 0. The molecule has 1 heterocycles. The average Bonchev–Trinajstić information content (AvgIpc) is 2.84. The maximum Gasteiger partial charge on any atom is 0.127 e. The van der Waals surface area contributed by atoms with E-state index in [4.69, 9.17) is 9.47 Å². The molecule has 0 saturated carbocycles. The number of nitrogens with zero attached hydrogens (tertiary/aromatic N) is 2. The third-order valence-electron chi connectivity index (χ3n) is 5.64. The molecule has 1 fully saturated rings. The first kappa shape index (κ1) is 22.3. The van der Waals surface area contributed by atoms with Gasteiger partial charge in [0.15, 0.2) is 0 Å². The van der Waals surface area contributed by atoms with Gasteiger partial charge in [0.25, 0.3) is 0 Å². The van der Waals surface area contributed by atoms with Crippen molar-refractivity contribution in [1.29, 1.82) is 0 Å². The number of benzene rings is 3. The van der Waals surface area contributed by atoms with Crippen LogP contribution in [-0.2, 0) is 11.3 Å². The van der Waals surface area contributed by atoms with Crippen LogP contribution in [0.4, 0.5) is 0 Å². The summed E-state index contributed by atoms with van der Waals surface area (Å²) in [5.41, 5.74) is 2.40. The maximum absolute atomic E-state index is 5.95. The fourth-order valence-electron chi connectivity index (χ4n) is 3.80. The third-order valence-corrected chi connectivity index (χ3v) is 5.64. The second-order valence-electron chi connectivity index (χ2n) is 8.07. The summed E-state index contributed by atoms with van der Waals surface area (Å²) in [6, 6.07) is 28.5. The number of ether oxygens (including phenoxy) is 2. The van der Waals surface area contributed by atoms with Crippen LogP contribution in [0.25, 0.3) is 6.08 Å². The monoisotopic (exact) mass is 428 g/mol. The lowest BCUT2D eigenvalue weighted by molar-refractivity contribution is 0.0710. The van der Waals surface area contributed by atoms with Gasteiger partial charge in [-0.3, -0.25) is 9.80 Å². The predicted octanol–water partition coefficient (Wildman–Crippen LogP) is 5.33. The third kappa shape index (κ3) is 7.34. The second kappa shape index (κ2) is 12.2. The van der Waals surface area contributed by atoms with E-state index < -0.39 is 0 Å². The quantitative estimate of drug-likeness (QED) is 0.408. The van der Waals surface area contributed by atoms with Crippen molar-refractivity contribution in [3.8, 4) is 11.5 Å². The Morgan fingerprint density at radius 1 is 0.719 bits per heavy atom. The minimum Gasteiger partial charge on any atom is -0.457 e. The lowest BCUT2D eigenvalue weighted by Gasteiger charge is -2.34. The molecule has 1 aliphatic rings. The van der Waals surface area contributed by atoms with E-state index in [2.05, 4.69) is 64.4 Å². The number of para-hydroxylation sites is 1. The fraction of sp³-hybridized carbons (Fsp3) is 0.286. The van der Waals surface area contributed by atoms with E-state index in [0.717, 1.165) is 62.9 Å². The Hall–Kier alpha value is -2.92. The minimum absolute atomic E-state index is 0.607. The van der Waals surface area contributed by atoms with Crippen molar-refractivity contribution in [3.05, 3.63) is 102 Å². The number of hydrogen-bond donors (Lipinski definition) is 0. The Kier molecular flexibility index (Phi) is 8.50. The number of rotatable bonds is 10. The van der Waals surface area contributed by atoms with Gasteiger partial charge in [0.2, 0.25) is 0 Å². The normalized spacial score (nSPS) is 15.2. The first-order valence-corrected chi connectivity index (χ1v) is 11.4. The molecule has 0 bridgehead atoms. The molecule has 3 aromatic carbocycles. The van der Waals surface area contributed by atoms with Crippen molar-refractivity contribution in [3.63, 3.8) is 0 Å². The molecule has 4 heteroatoms. The Morgan fingerprint density at radius 2 is 1.41 bits per heavy atom. The summed E-state index contributed by atoms with van der Waals surface area (Å²) >= 11 is 0. The summed E-state index contributed by atoms with van der Waals surface area (Å²) in [5.74, 6) is 1.69. The molecule has 0 radical (unpaired) electrons. The zero-order chi connectivity index (χ0) is 21.8. The van der Waals surface area contributed by atoms with Crippen LogP contribution in [0.2, 0.25) is 0 Å². The van der Waals surface area contributed by atoms with Gasteiger partial charge in [-0.1, -0.05) is 72.8 Å². The van der Waals surface area contributed by atoms with E-state index >= 15 is 0 Å². The van der Waals surface area contributed by atoms with Crippen LogP contribution < -0.4 is 4.74 Å². The van der Waals surface area contributed by atoms with Gasteiger partial charge < -0.3 is 9.47 Å². The van der Waals surface area contributed by atoms with Gasteiger partial charge in [0, 0.05) is 39.3 Å². The molecule has 0 unspecified atom stereocenters. The largest absolute Gasteiger partial charge is 0.457 e. The van der Waals surface area contributed by atoms with Crippen molar-refractivity contribution < 1.29 is 9.47 Å². The summed E-state index contributed by atoms with van der Waals surface area (Å²) < 4.78 is 11.9. The van der Waals surface area contributed by atoms with Crippen LogP contribution in [0.5, 0.6) is 11.5 Å². The van der Waals surface area contributed by atoms with Crippen molar-refractivity contribution in [2.75, 3.05) is 45.9 Å². The smallest absolute Gasteiger partial charge is 0.127 e. The molecule has 166 valence electrons. The lowest BCUT2D eigenvalue weighted by Crippen LogP contribution is -2.47. The first-order valence-electron chi connectivity index (χ1n) is 11.4. The SMILES string of the molecule is C(=Cc1ccccc1)CN1CCN(CCOCc2cccc(Oc3ccccc3)c2)CC1. The Balaban J connectivity index is 1.11. The molecule has 1 aliphatic heterocycles. The summed E-state index contributed by atoms with van der Waals surface area (Å²) in [6.45, 7) is 7.77. The molecule has 0 aromatic heterocycles. The van der Waals surface area contributed by atoms with Crippen LogP contribution in [-0.4, -0.2) is 55.7 Å². The zero-order valence-electron chi connectivity index (χ0n) is 18.6. The van der Waals surface area contributed by atoms with E-state index in [1.807, 2.05) is 42.5 Å². The Bertz CT molecular complexity index is 951. The highest BCUT2D eigenvalue weighted by atomic mass is 16.5. The van der Waals surface area contributed by atoms with Gasteiger partial charge in [-0.05, 0) is 35.4 Å². The average molecular weight is 429 g/mol. The number of piperazine rings is 1. The van der Waals surface area contributed by atoms with E-state index in [-0.39, 0.29) is 0 Å². The standard InChI is InChI=1S/C28H32N2O2/c1-3-9-25(10-4-1)12-8-16-29-17-19-30(20-18-29)21-22-31-24-26-11-7-15-28(23-26)32-27-13-5-2-6-14-27/h1-15,23H,16-22,24H2. The molecule has 4 rings (SSSR count). The van der Waals surface area contributed by atoms with Gasteiger partial charge in [-0.25, -0.2) is 0 Å². The highest BCUT2D eigenvalue weighted by molar-refractivity contribution is 5.48. The summed E-state index contributed by atoms with van der Waals surface area (Å²) in [6.07, 6.45) is 4.48. The van der Waals surface area contributed by atoms with Crippen molar-refractivity contribution >= 4 is 6.08 Å². The Morgan fingerprint density at radius 3 is 2.19 bits per heavy atom. The molecule has 1 saturated heterocycles. The molecular formula is C28H32N2O2. The molecule has 0 N–H and O–H groups in total. The Labute approximate surface area is 191 Å². The fourth-order valence-corrected chi connectivity index (χ4v) is 3.80. The van der Waals surface area contributed by atoms with Gasteiger partial charge in [0.05, 0.1) is 13.2 Å². The van der Waals surface area contributed by atoms with E-state index in [1.165, 1.54) is 5.56 Å². The van der Waals surface area contributed by atoms with Crippen molar-refractivity contribution in [2.24, 2.45) is 0 Å². The summed E-state index contributed by atoms with van der Waals surface area (Å²) in [4.78, 5) is 5.00. The second-order valence-corrected chi connectivity index (χ2v) is 8.07. The molecule has 3 aromatic rings. The van der Waals surface area contributed by atoms with E-state index in [9.17, 15) is 0 Å². The topological polar surface area (TPSA) is 24.9 Å². The van der Waals surface area contributed by atoms with Crippen LogP contribution in [0, 0.1) is 0 Å². The molecule has 4 nitrogen and oxygen atoms in total.